The molecule has 0 radical (unpaired) electrons. The molecule has 1 aliphatic rings. The van der Waals surface area contributed by atoms with Crippen LogP contribution in [0.15, 0.2) is 0 Å². The van der Waals surface area contributed by atoms with E-state index in [1.807, 2.05) is 0 Å². The van der Waals surface area contributed by atoms with Crippen LogP contribution in [0.3, 0.4) is 0 Å². The van der Waals surface area contributed by atoms with Crippen molar-refractivity contribution in [3.63, 3.8) is 0 Å². The van der Waals surface area contributed by atoms with Gasteiger partial charge in [-0.05, 0) is 43.9 Å². The highest BCUT2D eigenvalue weighted by Crippen LogP contribution is 2.49. The van der Waals surface area contributed by atoms with Gasteiger partial charge < -0.3 is 10.2 Å². The van der Waals surface area contributed by atoms with Crippen LogP contribution < -0.4 is 0 Å². The molecule has 3 unspecified atom stereocenters. The molecule has 0 aliphatic heterocycles. The van der Waals surface area contributed by atoms with Crippen molar-refractivity contribution in [1.82, 2.24) is 0 Å². The number of unbranched alkanes of at least 4 members (excludes halogenated alkanes) is 5. The summed E-state index contributed by atoms with van der Waals surface area (Å²) in [6.07, 6.45) is 12.2. The van der Waals surface area contributed by atoms with E-state index >= 15 is 0 Å². The zero-order valence-electron chi connectivity index (χ0n) is 17.1. The van der Waals surface area contributed by atoms with Gasteiger partial charge in [-0.2, -0.15) is 0 Å². The minimum absolute atomic E-state index is 0.00758. The van der Waals surface area contributed by atoms with Gasteiger partial charge in [-0.25, -0.2) is 0 Å². The topological polar surface area (TPSA) is 74.6 Å². The highest BCUT2D eigenvalue weighted by molar-refractivity contribution is 5.76. The van der Waals surface area contributed by atoms with Gasteiger partial charge in [0.15, 0.2) is 0 Å². The van der Waals surface area contributed by atoms with Crippen LogP contribution in [0, 0.1) is 23.2 Å². The lowest BCUT2D eigenvalue weighted by atomic mass is 9.59. The van der Waals surface area contributed by atoms with Gasteiger partial charge in [0, 0.05) is 0 Å². The van der Waals surface area contributed by atoms with Crippen molar-refractivity contribution >= 4 is 11.9 Å². The Kier molecular flexibility index (Phi) is 10.3. The predicted octanol–water partition coefficient (Wildman–Crippen LogP) is 6.14. The number of carbonyl (C=O) groups is 2. The van der Waals surface area contributed by atoms with Crippen LogP contribution in [-0.4, -0.2) is 22.2 Å². The Bertz CT molecular complexity index is 432. The van der Waals surface area contributed by atoms with Gasteiger partial charge in [-0.3, -0.25) is 9.59 Å². The summed E-state index contributed by atoms with van der Waals surface area (Å²) in [7, 11) is 0. The second-order valence-electron chi connectivity index (χ2n) is 8.81. The molecule has 152 valence electrons. The number of carboxylic acids is 2. The average Bonchev–Trinajstić information content (AvgIpc) is 2.58. The fraction of sp³-hybridized carbons (Fsp3) is 0.909. The summed E-state index contributed by atoms with van der Waals surface area (Å²) in [5.74, 6) is -1.22. The molecule has 0 heterocycles. The van der Waals surface area contributed by atoms with Crippen molar-refractivity contribution in [2.75, 3.05) is 0 Å². The maximum Gasteiger partial charge on any atom is 0.309 e. The van der Waals surface area contributed by atoms with E-state index in [2.05, 4.69) is 20.8 Å². The van der Waals surface area contributed by atoms with Gasteiger partial charge in [0.1, 0.15) is 0 Å². The SMILES string of the molecule is CCCCCCCCC1CC(C(=O)O)CCC1(CCCC(C)C)C(=O)O. The van der Waals surface area contributed by atoms with Gasteiger partial charge in [0.25, 0.3) is 0 Å². The van der Waals surface area contributed by atoms with E-state index in [0.717, 1.165) is 32.1 Å². The molecule has 0 aromatic carbocycles. The summed E-state index contributed by atoms with van der Waals surface area (Å²) in [5.41, 5.74) is -0.704. The highest BCUT2D eigenvalue weighted by Gasteiger charge is 2.49. The maximum atomic E-state index is 12.3. The first-order valence-electron chi connectivity index (χ1n) is 10.8. The molecule has 0 spiro atoms. The normalized spacial score (nSPS) is 26.2. The molecule has 4 heteroatoms. The number of aliphatic carboxylic acids is 2. The third kappa shape index (κ3) is 6.92. The fourth-order valence-electron chi connectivity index (χ4n) is 4.66. The van der Waals surface area contributed by atoms with Crippen molar-refractivity contribution in [3.05, 3.63) is 0 Å². The Morgan fingerprint density at radius 3 is 2.27 bits per heavy atom. The lowest BCUT2D eigenvalue weighted by Crippen LogP contribution is -2.44. The largest absolute Gasteiger partial charge is 0.481 e. The van der Waals surface area contributed by atoms with Crippen molar-refractivity contribution < 1.29 is 19.8 Å². The second-order valence-corrected chi connectivity index (χ2v) is 8.81. The average molecular weight is 369 g/mol. The summed E-state index contributed by atoms with van der Waals surface area (Å²) in [6, 6.07) is 0. The molecule has 1 rings (SSSR count). The van der Waals surface area contributed by atoms with Gasteiger partial charge >= 0.3 is 11.9 Å². The van der Waals surface area contributed by atoms with Gasteiger partial charge in [0.05, 0.1) is 11.3 Å². The predicted molar refractivity (Wildman–Crippen MR) is 105 cm³/mol. The Balaban J connectivity index is 2.74. The molecular weight excluding hydrogens is 328 g/mol. The summed E-state index contributed by atoms with van der Waals surface area (Å²) >= 11 is 0. The Labute approximate surface area is 159 Å². The molecule has 2 N–H and O–H groups in total. The van der Waals surface area contributed by atoms with Crippen LogP contribution in [0.5, 0.6) is 0 Å². The van der Waals surface area contributed by atoms with Crippen LogP contribution in [0.4, 0.5) is 0 Å². The Morgan fingerprint density at radius 2 is 1.69 bits per heavy atom. The fourth-order valence-corrected chi connectivity index (χ4v) is 4.66. The first kappa shape index (κ1) is 23.0. The maximum absolute atomic E-state index is 12.3. The Hall–Kier alpha value is -1.06. The quantitative estimate of drug-likeness (QED) is 0.383. The van der Waals surface area contributed by atoms with Crippen molar-refractivity contribution in [2.24, 2.45) is 23.2 Å². The molecule has 0 aromatic heterocycles. The molecule has 1 fully saturated rings. The number of hydrogen-bond acceptors (Lipinski definition) is 2. The number of carboxylic acid groups (broad SMARTS) is 2. The van der Waals surface area contributed by atoms with Gasteiger partial charge in [0.2, 0.25) is 0 Å². The highest BCUT2D eigenvalue weighted by atomic mass is 16.4. The van der Waals surface area contributed by atoms with E-state index in [1.165, 1.54) is 25.7 Å². The van der Waals surface area contributed by atoms with Crippen LogP contribution in [0.2, 0.25) is 0 Å². The van der Waals surface area contributed by atoms with Gasteiger partial charge in [-0.15, -0.1) is 0 Å². The van der Waals surface area contributed by atoms with Crippen LogP contribution in [0.25, 0.3) is 0 Å². The molecule has 0 bridgehead atoms. The molecule has 0 amide bonds. The lowest BCUT2D eigenvalue weighted by Gasteiger charge is -2.43. The second kappa shape index (κ2) is 11.6. The first-order chi connectivity index (χ1) is 12.3. The molecule has 3 atom stereocenters. The lowest BCUT2D eigenvalue weighted by molar-refractivity contribution is -0.161. The minimum atomic E-state index is -0.751. The Morgan fingerprint density at radius 1 is 1.04 bits per heavy atom. The van der Waals surface area contributed by atoms with E-state index in [-0.39, 0.29) is 11.8 Å². The van der Waals surface area contributed by atoms with E-state index in [0.29, 0.717) is 31.6 Å². The third-order valence-corrected chi connectivity index (χ3v) is 6.38. The molecular formula is C22H40O4. The summed E-state index contributed by atoms with van der Waals surface area (Å²) in [4.78, 5) is 23.8. The van der Waals surface area contributed by atoms with E-state index in [4.69, 9.17) is 0 Å². The van der Waals surface area contributed by atoms with Crippen LogP contribution in [0.1, 0.15) is 104 Å². The van der Waals surface area contributed by atoms with E-state index in [9.17, 15) is 19.8 Å². The molecule has 0 aromatic rings. The van der Waals surface area contributed by atoms with Crippen LogP contribution >= 0.6 is 0 Å². The monoisotopic (exact) mass is 368 g/mol. The van der Waals surface area contributed by atoms with E-state index in [1.54, 1.807) is 0 Å². The molecule has 1 aliphatic carbocycles. The standard InChI is InChI=1S/C22H40O4/c1-4-5-6-7-8-9-12-19-16-18(20(23)24)13-15-22(19,21(25)26)14-10-11-17(2)3/h17-19H,4-16H2,1-3H3,(H,23,24)(H,25,26). The molecule has 4 nitrogen and oxygen atoms in total. The molecule has 26 heavy (non-hydrogen) atoms. The smallest absolute Gasteiger partial charge is 0.309 e. The van der Waals surface area contributed by atoms with E-state index < -0.39 is 17.4 Å². The van der Waals surface area contributed by atoms with Crippen molar-refractivity contribution in [3.8, 4) is 0 Å². The van der Waals surface area contributed by atoms with Gasteiger partial charge in [-0.1, -0.05) is 72.1 Å². The number of hydrogen-bond donors (Lipinski definition) is 2. The minimum Gasteiger partial charge on any atom is -0.481 e. The van der Waals surface area contributed by atoms with Crippen molar-refractivity contribution in [1.29, 1.82) is 0 Å². The third-order valence-electron chi connectivity index (χ3n) is 6.38. The summed E-state index contributed by atoms with van der Waals surface area (Å²) in [5, 5.41) is 19.5. The molecule has 0 saturated heterocycles. The first-order valence-corrected chi connectivity index (χ1v) is 10.8. The molecule has 1 saturated carbocycles. The zero-order chi connectivity index (χ0) is 19.6. The summed E-state index contributed by atoms with van der Waals surface area (Å²) in [6.45, 7) is 6.54. The van der Waals surface area contributed by atoms with Crippen LogP contribution in [-0.2, 0) is 9.59 Å². The number of rotatable bonds is 13. The summed E-state index contributed by atoms with van der Waals surface area (Å²) < 4.78 is 0. The zero-order valence-corrected chi connectivity index (χ0v) is 17.1. The van der Waals surface area contributed by atoms with Crippen molar-refractivity contribution in [2.45, 2.75) is 104 Å².